The molecule has 0 aliphatic carbocycles. The number of rotatable bonds is 9. The first-order valence-corrected chi connectivity index (χ1v) is 7.73. The van der Waals surface area contributed by atoms with E-state index in [1.807, 2.05) is 6.92 Å². The molecule has 1 atom stereocenters. The fourth-order valence-corrected chi connectivity index (χ4v) is 2.58. The molecule has 1 unspecified atom stereocenters. The maximum absolute atomic E-state index is 11.4. The number of hydrogen-bond donors (Lipinski definition) is 2. The lowest BCUT2D eigenvalue weighted by Crippen LogP contribution is -2.49. The first-order valence-electron chi connectivity index (χ1n) is 7.73. The van der Waals surface area contributed by atoms with Crippen molar-refractivity contribution in [2.45, 2.75) is 46.1 Å². The molecule has 0 amide bonds. The number of aliphatic carboxylic acids is 1. The minimum Gasteiger partial charge on any atom is -0.480 e. The third-order valence-corrected chi connectivity index (χ3v) is 3.89. The molecule has 118 valence electrons. The van der Waals surface area contributed by atoms with Gasteiger partial charge < -0.3 is 15.3 Å². The van der Waals surface area contributed by atoms with Gasteiger partial charge in [-0.25, -0.2) is 0 Å². The van der Waals surface area contributed by atoms with E-state index in [1.54, 1.807) is 6.92 Å². The number of carbonyl (C=O) groups is 1. The van der Waals surface area contributed by atoms with Crippen molar-refractivity contribution in [2.75, 3.05) is 24.5 Å². The van der Waals surface area contributed by atoms with Gasteiger partial charge in [0.2, 0.25) is 0 Å². The Labute approximate surface area is 128 Å². The molecule has 0 bridgehead atoms. The zero-order chi connectivity index (χ0) is 15.9. The topological polar surface area (TPSA) is 52.6 Å². The van der Waals surface area contributed by atoms with E-state index in [9.17, 15) is 9.90 Å². The highest BCUT2D eigenvalue weighted by molar-refractivity contribution is 5.78. The summed E-state index contributed by atoms with van der Waals surface area (Å²) in [6.07, 6.45) is 1.47. The van der Waals surface area contributed by atoms with Crippen molar-refractivity contribution < 1.29 is 9.90 Å². The van der Waals surface area contributed by atoms with Crippen LogP contribution in [0.25, 0.3) is 0 Å². The Morgan fingerprint density at radius 1 is 1.38 bits per heavy atom. The van der Waals surface area contributed by atoms with Crippen molar-refractivity contribution in [3.63, 3.8) is 0 Å². The molecule has 0 radical (unpaired) electrons. The largest absolute Gasteiger partial charge is 0.480 e. The van der Waals surface area contributed by atoms with E-state index in [2.05, 4.69) is 48.3 Å². The molecular formula is C17H28N2O2. The van der Waals surface area contributed by atoms with E-state index >= 15 is 0 Å². The molecule has 1 rings (SSSR count). The maximum Gasteiger partial charge on any atom is 0.323 e. The van der Waals surface area contributed by atoms with Gasteiger partial charge in [0.25, 0.3) is 0 Å². The minimum atomic E-state index is -0.833. The highest BCUT2D eigenvalue weighted by Gasteiger charge is 2.31. The Balaban J connectivity index is 2.61. The second-order valence-electron chi connectivity index (χ2n) is 5.69. The molecule has 0 saturated heterocycles. The molecule has 0 saturated carbocycles. The van der Waals surface area contributed by atoms with Gasteiger partial charge in [0.05, 0.1) is 0 Å². The van der Waals surface area contributed by atoms with Gasteiger partial charge >= 0.3 is 5.97 Å². The number of carboxylic acid groups (broad SMARTS) is 1. The lowest BCUT2D eigenvalue weighted by molar-refractivity contribution is -0.144. The minimum absolute atomic E-state index is 0.624. The van der Waals surface area contributed by atoms with Crippen LogP contribution in [0, 0.1) is 6.92 Å². The summed E-state index contributed by atoms with van der Waals surface area (Å²) in [6, 6.07) is 8.43. The van der Waals surface area contributed by atoms with Crippen LogP contribution in [0.3, 0.4) is 0 Å². The lowest BCUT2D eigenvalue weighted by atomic mass is 9.95. The Hall–Kier alpha value is -1.55. The van der Waals surface area contributed by atoms with Crippen LogP contribution < -0.4 is 10.2 Å². The van der Waals surface area contributed by atoms with Crippen LogP contribution in [0.1, 0.15) is 39.2 Å². The fraction of sp³-hybridized carbons (Fsp3) is 0.588. The van der Waals surface area contributed by atoms with Crippen LogP contribution in [0.4, 0.5) is 5.69 Å². The molecule has 1 aromatic rings. The van der Waals surface area contributed by atoms with Gasteiger partial charge in [0.15, 0.2) is 0 Å². The normalized spacial score (nSPS) is 13.7. The lowest BCUT2D eigenvalue weighted by Gasteiger charge is -2.28. The third kappa shape index (κ3) is 5.05. The summed E-state index contributed by atoms with van der Waals surface area (Å²) in [5.74, 6) is -0.775. The number of nitrogens with one attached hydrogen (secondary N) is 1. The molecular weight excluding hydrogens is 264 g/mol. The number of carboxylic acids is 1. The summed E-state index contributed by atoms with van der Waals surface area (Å²) >= 11 is 0. The Morgan fingerprint density at radius 2 is 2.10 bits per heavy atom. The molecule has 1 aromatic carbocycles. The molecule has 2 N–H and O–H groups in total. The number of benzene rings is 1. The monoisotopic (exact) mass is 292 g/mol. The molecule has 0 heterocycles. The zero-order valence-electron chi connectivity index (χ0n) is 13.6. The molecule has 4 nitrogen and oxygen atoms in total. The standard InChI is InChI=1S/C17H28N2O2/c1-5-18-17(4,16(20)21)11-8-12-19(6-2)15-10-7-9-14(3)13-15/h7,9-10,13,18H,5-6,8,11-12H2,1-4H3,(H,20,21). The van der Waals surface area contributed by atoms with Crippen LogP contribution in [-0.2, 0) is 4.79 Å². The van der Waals surface area contributed by atoms with Crippen LogP contribution >= 0.6 is 0 Å². The second-order valence-corrected chi connectivity index (χ2v) is 5.69. The summed E-state index contributed by atoms with van der Waals surface area (Å²) in [5.41, 5.74) is 1.62. The zero-order valence-corrected chi connectivity index (χ0v) is 13.6. The van der Waals surface area contributed by atoms with Crippen molar-refractivity contribution in [1.29, 1.82) is 0 Å². The Kier molecular flexibility index (Phi) is 6.69. The van der Waals surface area contributed by atoms with Gasteiger partial charge in [-0.1, -0.05) is 19.1 Å². The van der Waals surface area contributed by atoms with Gasteiger partial charge in [-0.2, -0.15) is 0 Å². The molecule has 4 heteroatoms. The van der Waals surface area contributed by atoms with Crippen molar-refractivity contribution >= 4 is 11.7 Å². The summed E-state index contributed by atoms with van der Waals surface area (Å²) in [7, 11) is 0. The van der Waals surface area contributed by atoms with E-state index in [0.29, 0.717) is 13.0 Å². The van der Waals surface area contributed by atoms with E-state index in [-0.39, 0.29) is 0 Å². The highest BCUT2D eigenvalue weighted by Crippen LogP contribution is 2.18. The predicted octanol–water partition coefficient (Wildman–Crippen LogP) is 3.05. The van der Waals surface area contributed by atoms with Crippen LogP contribution in [0.2, 0.25) is 0 Å². The second kappa shape index (κ2) is 8.03. The fourth-order valence-electron chi connectivity index (χ4n) is 2.58. The predicted molar refractivity (Wildman–Crippen MR) is 88.0 cm³/mol. The van der Waals surface area contributed by atoms with Gasteiger partial charge in [-0.15, -0.1) is 0 Å². The third-order valence-electron chi connectivity index (χ3n) is 3.89. The van der Waals surface area contributed by atoms with E-state index < -0.39 is 11.5 Å². The number of nitrogens with zero attached hydrogens (tertiary/aromatic N) is 1. The van der Waals surface area contributed by atoms with Crippen LogP contribution in [0.15, 0.2) is 24.3 Å². The molecule has 0 fully saturated rings. The quantitative estimate of drug-likeness (QED) is 0.734. The number of aryl methyl sites for hydroxylation is 1. The number of likely N-dealkylation sites (N-methyl/N-ethyl adjacent to an activating group) is 1. The van der Waals surface area contributed by atoms with E-state index in [4.69, 9.17) is 0 Å². The Bertz CT molecular complexity index is 462. The molecule has 0 aliphatic heterocycles. The van der Waals surface area contributed by atoms with Gasteiger partial charge in [0, 0.05) is 18.8 Å². The average molecular weight is 292 g/mol. The van der Waals surface area contributed by atoms with Crippen molar-refractivity contribution in [3.05, 3.63) is 29.8 Å². The average Bonchev–Trinajstić information content (AvgIpc) is 2.43. The Morgan fingerprint density at radius 3 is 2.62 bits per heavy atom. The maximum atomic E-state index is 11.4. The van der Waals surface area contributed by atoms with Crippen molar-refractivity contribution in [2.24, 2.45) is 0 Å². The van der Waals surface area contributed by atoms with Gasteiger partial charge in [0.1, 0.15) is 5.54 Å². The SMILES string of the molecule is CCNC(C)(CCCN(CC)c1cccc(C)c1)C(=O)O. The first-order chi connectivity index (χ1) is 9.92. The molecule has 0 aliphatic rings. The molecule has 21 heavy (non-hydrogen) atoms. The highest BCUT2D eigenvalue weighted by atomic mass is 16.4. The number of anilines is 1. The smallest absolute Gasteiger partial charge is 0.323 e. The summed E-state index contributed by atoms with van der Waals surface area (Å²) in [4.78, 5) is 13.7. The van der Waals surface area contributed by atoms with Gasteiger partial charge in [-0.05, 0) is 57.9 Å². The summed E-state index contributed by atoms with van der Waals surface area (Å²) < 4.78 is 0. The number of hydrogen-bond acceptors (Lipinski definition) is 3. The summed E-state index contributed by atoms with van der Waals surface area (Å²) in [5, 5.41) is 12.4. The van der Waals surface area contributed by atoms with E-state index in [1.165, 1.54) is 11.3 Å². The van der Waals surface area contributed by atoms with Gasteiger partial charge in [-0.3, -0.25) is 4.79 Å². The molecule has 0 aromatic heterocycles. The van der Waals surface area contributed by atoms with E-state index in [0.717, 1.165) is 19.5 Å². The van der Waals surface area contributed by atoms with Crippen molar-refractivity contribution in [1.82, 2.24) is 5.32 Å². The van der Waals surface area contributed by atoms with Crippen molar-refractivity contribution in [3.8, 4) is 0 Å². The first kappa shape index (κ1) is 17.5. The van der Waals surface area contributed by atoms with Crippen LogP contribution in [0.5, 0.6) is 0 Å². The molecule has 0 spiro atoms. The summed E-state index contributed by atoms with van der Waals surface area (Å²) in [6.45, 7) is 10.4. The van der Waals surface area contributed by atoms with Crippen LogP contribution in [-0.4, -0.2) is 36.2 Å².